The lowest BCUT2D eigenvalue weighted by molar-refractivity contribution is -0.129. The highest BCUT2D eigenvalue weighted by Crippen LogP contribution is 2.14. The number of ether oxygens (including phenoxy) is 1. The third kappa shape index (κ3) is 3.89. The fourth-order valence-electron chi connectivity index (χ4n) is 2.18. The number of carbonyl (C=O) groups is 2. The molecule has 0 bridgehead atoms. The van der Waals surface area contributed by atoms with E-state index in [2.05, 4.69) is 5.32 Å². The van der Waals surface area contributed by atoms with Crippen LogP contribution in [0.15, 0.2) is 24.3 Å². The van der Waals surface area contributed by atoms with Gasteiger partial charge < -0.3 is 10.1 Å². The largest absolute Gasteiger partial charge is 0.381 e. The summed E-state index contributed by atoms with van der Waals surface area (Å²) in [5.41, 5.74) is 1.62. The van der Waals surface area contributed by atoms with Crippen LogP contribution in [0, 0.1) is 5.92 Å². The van der Waals surface area contributed by atoms with Crippen molar-refractivity contribution < 1.29 is 14.3 Å². The van der Waals surface area contributed by atoms with E-state index in [1.807, 2.05) is 18.2 Å². The molecule has 1 aromatic carbocycles. The number of ketones is 1. The molecular formula is C15H19NO3. The first-order chi connectivity index (χ1) is 9.16. The summed E-state index contributed by atoms with van der Waals surface area (Å²) in [6, 6.07) is 7.34. The topological polar surface area (TPSA) is 55.4 Å². The second kappa shape index (κ2) is 6.48. The summed E-state index contributed by atoms with van der Waals surface area (Å²) in [6.07, 6.45) is 1.83. The van der Waals surface area contributed by atoms with Crippen LogP contribution in [-0.2, 0) is 16.1 Å². The normalized spacial score (nSPS) is 18.9. The first-order valence-electron chi connectivity index (χ1n) is 6.62. The predicted molar refractivity (Wildman–Crippen MR) is 71.8 cm³/mol. The van der Waals surface area contributed by atoms with Crippen LogP contribution in [0.3, 0.4) is 0 Å². The average Bonchev–Trinajstić information content (AvgIpc) is 2.46. The van der Waals surface area contributed by atoms with Crippen LogP contribution in [-0.4, -0.2) is 24.9 Å². The van der Waals surface area contributed by atoms with Crippen LogP contribution in [0.1, 0.15) is 35.7 Å². The summed E-state index contributed by atoms with van der Waals surface area (Å²) in [5.74, 6) is 0.0338. The van der Waals surface area contributed by atoms with Gasteiger partial charge in [0.25, 0.3) is 0 Å². The summed E-state index contributed by atoms with van der Waals surface area (Å²) < 4.78 is 5.30. The van der Waals surface area contributed by atoms with Gasteiger partial charge in [-0.15, -0.1) is 0 Å². The van der Waals surface area contributed by atoms with Crippen molar-refractivity contribution in [2.45, 2.75) is 26.3 Å². The highest BCUT2D eigenvalue weighted by Gasteiger charge is 2.21. The molecular weight excluding hydrogens is 242 g/mol. The lowest BCUT2D eigenvalue weighted by atomic mass is 10.0. The second-order valence-corrected chi connectivity index (χ2v) is 4.89. The van der Waals surface area contributed by atoms with Crippen LogP contribution in [0.4, 0.5) is 0 Å². The van der Waals surface area contributed by atoms with Gasteiger partial charge in [0.05, 0.1) is 12.5 Å². The van der Waals surface area contributed by atoms with Crippen molar-refractivity contribution in [1.82, 2.24) is 5.32 Å². The molecule has 1 N–H and O–H groups in total. The molecule has 1 aliphatic heterocycles. The maximum atomic E-state index is 11.9. The van der Waals surface area contributed by atoms with E-state index in [1.54, 1.807) is 6.07 Å². The quantitative estimate of drug-likeness (QED) is 0.843. The molecule has 1 saturated heterocycles. The number of nitrogens with one attached hydrogen (secondary N) is 1. The lowest BCUT2D eigenvalue weighted by Gasteiger charge is -2.21. The smallest absolute Gasteiger partial charge is 0.225 e. The molecule has 2 rings (SSSR count). The number of benzene rings is 1. The van der Waals surface area contributed by atoms with Crippen LogP contribution < -0.4 is 5.32 Å². The number of Topliss-reactive ketones (excluding diaryl/α,β-unsaturated/α-hetero) is 1. The molecule has 4 nitrogen and oxygen atoms in total. The van der Waals surface area contributed by atoms with E-state index in [0.29, 0.717) is 18.7 Å². The minimum absolute atomic E-state index is 0.0351. The maximum Gasteiger partial charge on any atom is 0.225 e. The number of hydrogen-bond acceptors (Lipinski definition) is 3. The van der Waals surface area contributed by atoms with E-state index in [9.17, 15) is 9.59 Å². The summed E-state index contributed by atoms with van der Waals surface area (Å²) in [5, 5.41) is 2.90. The van der Waals surface area contributed by atoms with Crippen molar-refractivity contribution in [1.29, 1.82) is 0 Å². The molecule has 0 spiro atoms. The Morgan fingerprint density at radius 1 is 1.42 bits per heavy atom. The summed E-state index contributed by atoms with van der Waals surface area (Å²) >= 11 is 0. The zero-order valence-corrected chi connectivity index (χ0v) is 11.1. The standard InChI is InChI=1S/C15H19NO3/c1-11(17)13-5-2-4-12(8-13)9-16-15(18)14-6-3-7-19-10-14/h2,4-5,8,14H,3,6-7,9-10H2,1H3,(H,16,18)/t14-/m1/s1. The molecule has 1 atom stereocenters. The number of carbonyl (C=O) groups excluding carboxylic acids is 2. The van der Waals surface area contributed by atoms with E-state index < -0.39 is 0 Å². The highest BCUT2D eigenvalue weighted by molar-refractivity contribution is 5.94. The van der Waals surface area contributed by atoms with Crippen molar-refractivity contribution in [3.63, 3.8) is 0 Å². The highest BCUT2D eigenvalue weighted by atomic mass is 16.5. The van der Waals surface area contributed by atoms with Crippen LogP contribution in [0.2, 0.25) is 0 Å². The summed E-state index contributed by atoms with van der Waals surface area (Å²) in [7, 11) is 0. The Morgan fingerprint density at radius 3 is 2.95 bits per heavy atom. The predicted octanol–water partition coefficient (Wildman–Crippen LogP) is 1.93. The molecule has 4 heteroatoms. The van der Waals surface area contributed by atoms with Gasteiger partial charge >= 0.3 is 0 Å². The molecule has 0 radical (unpaired) electrons. The molecule has 0 aliphatic carbocycles. The van der Waals surface area contributed by atoms with Crippen LogP contribution in [0.25, 0.3) is 0 Å². The minimum Gasteiger partial charge on any atom is -0.381 e. The number of amides is 1. The van der Waals surface area contributed by atoms with E-state index in [-0.39, 0.29) is 17.6 Å². The van der Waals surface area contributed by atoms with E-state index in [0.717, 1.165) is 25.0 Å². The molecule has 0 unspecified atom stereocenters. The Labute approximate surface area is 113 Å². The van der Waals surface area contributed by atoms with Gasteiger partial charge in [0, 0.05) is 18.7 Å². The Kier molecular flexibility index (Phi) is 4.68. The Balaban J connectivity index is 1.89. The molecule has 0 aromatic heterocycles. The molecule has 1 aliphatic rings. The minimum atomic E-state index is -0.0373. The van der Waals surface area contributed by atoms with E-state index in [4.69, 9.17) is 4.74 Å². The zero-order chi connectivity index (χ0) is 13.7. The number of hydrogen-bond donors (Lipinski definition) is 1. The van der Waals surface area contributed by atoms with Gasteiger partial charge in [-0.1, -0.05) is 18.2 Å². The molecule has 1 heterocycles. The summed E-state index contributed by atoms with van der Waals surface area (Å²) in [4.78, 5) is 23.2. The SMILES string of the molecule is CC(=O)c1cccc(CNC(=O)[C@@H]2CCCOC2)c1. The molecule has 1 amide bonds. The summed E-state index contributed by atoms with van der Waals surface area (Å²) in [6.45, 7) is 3.26. The maximum absolute atomic E-state index is 11.9. The first kappa shape index (κ1) is 13.7. The Hall–Kier alpha value is -1.68. The van der Waals surface area contributed by atoms with Crippen molar-refractivity contribution in [3.05, 3.63) is 35.4 Å². The molecule has 0 saturated carbocycles. The van der Waals surface area contributed by atoms with Crippen LogP contribution in [0.5, 0.6) is 0 Å². The Morgan fingerprint density at radius 2 is 2.26 bits per heavy atom. The van der Waals surface area contributed by atoms with Crippen molar-refractivity contribution in [3.8, 4) is 0 Å². The molecule has 1 aromatic rings. The van der Waals surface area contributed by atoms with E-state index in [1.165, 1.54) is 6.92 Å². The van der Waals surface area contributed by atoms with E-state index >= 15 is 0 Å². The van der Waals surface area contributed by atoms with Crippen molar-refractivity contribution >= 4 is 11.7 Å². The van der Waals surface area contributed by atoms with Crippen molar-refractivity contribution in [2.24, 2.45) is 5.92 Å². The van der Waals surface area contributed by atoms with Gasteiger partial charge in [-0.2, -0.15) is 0 Å². The van der Waals surface area contributed by atoms with Crippen LogP contribution >= 0.6 is 0 Å². The fourth-order valence-corrected chi connectivity index (χ4v) is 2.18. The van der Waals surface area contributed by atoms with Gasteiger partial charge in [-0.25, -0.2) is 0 Å². The average molecular weight is 261 g/mol. The lowest BCUT2D eigenvalue weighted by Crippen LogP contribution is -2.35. The second-order valence-electron chi connectivity index (χ2n) is 4.89. The van der Waals surface area contributed by atoms with Gasteiger partial charge in [0.2, 0.25) is 5.91 Å². The van der Waals surface area contributed by atoms with Gasteiger partial charge in [0.15, 0.2) is 5.78 Å². The fraction of sp³-hybridized carbons (Fsp3) is 0.467. The number of rotatable bonds is 4. The molecule has 19 heavy (non-hydrogen) atoms. The van der Waals surface area contributed by atoms with Gasteiger partial charge in [-0.05, 0) is 31.4 Å². The molecule has 102 valence electrons. The van der Waals surface area contributed by atoms with Gasteiger partial charge in [0.1, 0.15) is 0 Å². The third-order valence-corrected chi connectivity index (χ3v) is 3.33. The zero-order valence-electron chi connectivity index (χ0n) is 11.1. The Bertz CT molecular complexity index is 464. The first-order valence-corrected chi connectivity index (χ1v) is 6.62. The third-order valence-electron chi connectivity index (χ3n) is 3.33. The van der Waals surface area contributed by atoms with Gasteiger partial charge in [-0.3, -0.25) is 9.59 Å². The monoisotopic (exact) mass is 261 g/mol. The molecule has 1 fully saturated rings. The van der Waals surface area contributed by atoms with Crippen molar-refractivity contribution in [2.75, 3.05) is 13.2 Å².